The average Bonchev–Trinajstić information content (AvgIpc) is 2.65. The molecule has 0 aromatic rings. The molecule has 1 aliphatic heterocycles. The maximum atomic E-state index is 11.7. The second-order valence-corrected chi connectivity index (χ2v) is 7.70. The second kappa shape index (κ2) is 6.18. The van der Waals surface area contributed by atoms with Crippen molar-refractivity contribution in [1.82, 2.24) is 4.90 Å². The van der Waals surface area contributed by atoms with Crippen LogP contribution in [0.1, 0.15) is 27.2 Å². The monoisotopic (exact) mass is 323 g/mol. The Labute approximate surface area is 124 Å². The van der Waals surface area contributed by atoms with Gasteiger partial charge in [0.2, 0.25) is 0 Å². The number of likely N-dealkylation sites (tertiary alicyclic amines) is 1. The van der Waals surface area contributed by atoms with Gasteiger partial charge in [0.15, 0.2) is 0 Å². The summed E-state index contributed by atoms with van der Waals surface area (Å²) in [6.45, 7) is 4.88. The lowest BCUT2D eigenvalue weighted by Gasteiger charge is -2.23. The summed E-state index contributed by atoms with van der Waals surface area (Å²) in [4.78, 5) is 23.9. The molecule has 0 aromatic carbocycles. The van der Waals surface area contributed by atoms with E-state index in [0.717, 1.165) is 11.2 Å². The first-order valence-electron chi connectivity index (χ1n) is 6.45. The molecule has 0 radical (unpaired) electrons. The first-order valence-corrected chi connectivity index (χ1v) is 8.27. The highest BCUT2D eigenvalue weighted by molar-refractivity contribution is 7.86. The summed E-state index contributed by atoms with van der Waals surface area (Å²) in [5.41, 5.74) is -0.685. The molecule has 9 heteroatoms. The van der Waals surface area contributed by atoms with E-state index in [-0.39, 0.29) is 19.6 Å². The van der Waals surface area contributed by atoms with Crippen molar-refractivity contribution in [2.75, 3.05) is 19.4 Å². The van der Waals surface area contributed by atoms with Crippen molar-refractivity contribution in [3.63, 3.8) is 0 Å². The fraction of sp³-hybridized carbons (Fsp3) is 0.833. The lowest BCUT2D eigenvalue weighted by atomic mass is 9.97. The Morgan fingerprint density at radius 3 is 2.33 bits per heavy atom. The fourth-order valence-corrected chi connectivity index (χ4v) is 2.61. The van der Waals surface area contributed by atoms with Crippen LogP contribution in [0.15, 0.2) is 0 Å². The summed E-state index contributed by atoms with van der Waals surface area (Å²) < 4.78 is 32.1. The number of hydrogen-bond acceptors (Lipinski definition) is 6. The minimum absolute atomic E-state index is 0.0693. The second-order valence-electron chi connectivity index (χ2n) is 6.10. The topological polar surface area (TPSA) is 110 Å². The largest absolute Gasteiger partial charge is 0.465 e. The molecule has 0 aromatic heterocycles. The van der Waals surface area contributed by atoms with Crippen LogP contribution in [0.5, 0.6) is 0 Å². The zero-order valence-corrected chi connectivity index (χ0v) is 13.3. The molecule has 2 atom stereocenters. The average molecular weight is 323 g/mol. The molecule has 0 unspecified atom stereocenters. The Hall–Kier alpha value is -1.35. The molecule has 0 aliphatic carbocycles. The summed E-state index contributed by atoms with van der Waals surface area (Å²) in [6, 6.07) is -0.611. The van der Waals surface area contributed by atoms with Gasteiger partial charge in [0.1, 0.15) is 6.61 Å². The van der Waals surface area contributed by atoms with Crippen LogP contribution in [0, 0.1) is 5.41 Å². The molecule has 1 saturated heterocycles. The maximum Gasteiger partial charge on any atom is 0.407 e. The molecule has 1 amide bonds. The van der Waals surface area contributed by atoms with E-state index in [4.69, 9.17) is 14.0 Å². The summed E-state index contributed by atoms with van der Waals surface area (Å²) in [7, 11) is -3.66. The zero-order valence-electron chi connectivity index (χ0n) is 12.5. The van der Waals surface area contributed by atoms with Crippen molar-refractivity contribution in [3.8, 4) is 0 Å². The van der Waals surface area contributed by atoms with Gasteiger partial charge in [0.05, 0.1) is 30.4 Å². The van der Waals surface area contributed by atoms with Crippen LogP contribution >= 0.6 is 0 Å². The van der Waals surface area contributed by atoms with Crippen LogP contribution in [0.4, 0.5) is 4.79 Å². The third kappa shape index (κ3) is 5.50. The number of carboxylic acid groups (broad SMARTS) is 1. The lowest BCUT2D eigenvalue weighted by Crippen LogP contribution is -2.39. The van der Waals surface area contributed by atoms with Crippen LogP contribution in [0.3, 0.4) is 0 Å². The van der Waals surface area contributed by atoms with E-state index in [1.54, 1.807) is 20.8 Å². The Morgan fingerprint density at radius 1 is 1.33 bits per heavy atom. The number of nitrogens with zero attached hydrogens (tertiary/aromatic N) is 1. The number of hydrogen-bond donors (Lipinski definition) is 1. The lowest BCUT2D eigenvalue weighted by molar-refractivity contribution is -0.154. The smallest absolute Gasteiger partial charge is 0.407 e. The highest BCUT2D eigenvalue weighted by atomic mass is 32.2. The molecule has 0 bridgehead atoms. The van der Waals surface area contributed by atoms with Crippen molar-refractivity contribution in [2.45, 2.75) is 39.3 Å². The molecule has 1 aliphatic rings. The molecule has 0 spiro atoms. The summed E-state index contributed by atoms with van der Waals surface area (Å²) in [5, 5.41) is 9.11. The molecule has 0 saturated carbocycles. The number of rotatable bonds is 4. The Morgan fingerprint density at radius 2 is 1.90 bits per heavy atom. The number of amides is 1. The normalized spacial score (nSPS) is 23.1. The van der Waals surface area contributed by atoms with E-state index in [2.05, 4.69) is 0 Å². The SMILES string of the molecule is CC(C)(C)C(=O)OC[C@H]1C[C@H](OS(C)(=O)=O)CN1C(=O)O. The fourth-order valence-electron chi connectivity index (χ4n) is 1.97. The van der Waals surface area contributed by atoms with Crippen molar-refractivity contribution in [2.24, 2.45) is 5.41 Å². The van der Waals surface area contributed by atoms with Gasteiger partial charge in [-0.3, -0.25) is 13.9 Å². The van der Waals surface area contributed by atoms with Gasteiger partial charge in [-0.2, -0.15) is 8.42 Å². The van der Waals surface area contributed by atoms with Gasteiger partial charge in [-0.15, -0.1) is 0 Å². The van der Waals surface area contributed by atoms with Crippen molar-refractivity contribution >= 4 is 22.2 Å². The van der Waals surface area contributed by atoms with Crippen LogP contribution in [0.25, 0.3) is 0 Å². The molecule has 1 N–H and O–H groups in total. The van der Waals surface area contributed by atoms with Crippen molar-refractivity contribution in [3.05, 3.63) is 0 Å². The molecule has 21 heavy (non-hydrogen) atoms. The van der Waals surface area contributed by atoms with Crippen LogP contribution in [-0.2, 0) is 23.8 Å². The molecule has 122 valence electrons. The van der Waals surface area contributed by atoms with Gasteiger partial charge in [-0.25, -0.2) is 4.79 Å². The number of carbonyl (C=O) groups is 2. The summed E-state index contributed by atoms with van der Waals surface area (Å²) >= 11 is 0. The van der Waals surface area contributed by atoms with Gasteiger partial charge in [-0.05, 0) is 20.8 Å². The molecular formula is C12H21NO7S. The molecule has 1 rings (SSSR count). The molecular weight excluding hydrogens is 302 g/mol. The summed E-state index contributed by atoms with van der Waals surface area (Å²) in [5.74, 6) is -0.444. The van der Waals surface area contributed by atoms with E-state index < -0.39 is 39.7 Å². The highest BCUT2D eigenvalue weighted by Gasteiger charge is 2.38. The van der Waals surface area contributed by atoms with Crippen molar-refractivity contribution < 1.29 is 32.0 Å². The molecule has 8 nitrogen and oxygen atoms in total. The van der Waals surface area contributed by atoms with Gasteiger partial charge < -0.3 is 9.84 Å². The predicted octanol–water partition coefficient (Wildman–Crippen LogP) is 0.673. The standard InChI is InChI=1S/C12H21NO7S/c1-12(2,3)10(14)19-7-8-5-9(20-21(4,17)18)6-13(8)11(15)16/h8-9H,5-7H2,1-4H3,(H,15,16)/t8-,9+/m1/s1. The van der Waals surface area contributed by atoms with E-state index in [1.807, 2.05) is 0 Å². The van der Waals surface area contributed by atoms with Gasteiger partial charge in [0.25, 0.3) is 10.1 Å². The Balaban J connectivity index is 2.67. The zero-order chi connectivity index (χ0) is 16.4. The van der Waals surface area contributed by atoms with Crippen LogP contribution in [0.2, 0.25) is 0 Å². The van der Waals surface area contributed by atoms with E-state index in [0.29, 0.717) is 0 Å². The van der Waals surface area contributed by atoms with Gasteiger partial charge in [-0.1, -0.05) is 0 Å². The first-order chi connectivity index (χ1) is 9.40. The van der Waals surface area contributed by atoms with E-state index >= 15 is 0 Å². The third-order valence-corrected chi connectivity index (χ3v) is 3.57. The molecule has 1 fully saturated rings. The van der Waals surface area contributed by atoms with Gasteiger partial charge >= 0.3 is 12.1 Å². The highest BCUT2D eigenvalue weighted by Crippen LogP contribution is 2.23. The van der Waals surface area contributed by atoms with E-state index in [1.165, 1.54) is 0 Å². The van der Waals surface area contributed by atoms with Gasteiger partial charge in [0, 0.05) is 6.42 Å². The first kappa shape index (κ1) is 17.7. The van der Waals surface area contributed by atoms with Crippen LogP contribution < -0.4 is 0 Å². The minimum Gasteiger partial charge on any atom is -0.465 e. The Kier molecular flexibility index (Phi) is 5.21. The van der Waals surface area contributed by atoms with E-state index in [9.17, 15) is 18.0 Å². The predicted molar refractivity (Wildman–Crippen MR) is 73.3 cm³/mol. The number of esters is 1. The maximum absolute atomic E-state index is 11.7. The minimum atomic E-state index is -3.66. The number of carbonyl (C=O) groups excluding carboxylic acids is 1. The van der Waals surface area contributed by atoms with Crippen molar-refractivity contribution in [1.29, 1.82) is 0 Å². The van der Waals surface area contributed by atoms with Crippen LogP contribution in [-0.4, -0.2) is 62.0 Å². The summed E-state index contributed by atoms with van der Waals surface area (Å²) in [6.07, 6.45) is -0.886. The quantitative estimate of drug-likeness (QED) is 0.598. The Bertz CT molecular complexity index is 508. The number of ether oxygens (including phenoxy) is 1. The third-order valence-electron chi connectivity index (χ3n) is 2.95. The molecule has 1 heterocycles.